The molecule has 0 aliphatic heterocycles. The topological polar surface area (TPSA) is 94.8 Å². The molecule has 1 aromatic heterocycles. The number of methoxy groups -OCH3 is 1. The van der Waals surface area contributed by atoms with Crippen molar-refractivity contribution in [3.63, 3.8) is 0 Å². The van der Waals surface area contributed by atoms with Crippen LogP contribution in [0.1, 0.15) is 18.4 Å². The summed E-state index contributed by atoms with van der Waals surface area (Å²) in [7, 11) is 1.31. The van der Waals surface area contributed by atoms with E-state index in [2.05, 4.69) is 10.1 Å². The fourth-order valence-electron chi connectivity index (χ4n) is 2.97. The summed E-state index contributed by atoms with van der Waals surface area (Å²) >= 11 is 0. The third kappa shape index (κ3) is 4.68. The van der Waals surface area contributed by atoms with Gasteiger partial charge in [-0.25, -0.2) is 0 Å². The van der Waals surface area contributed by atoms with Gasteiger partial charge in [0.1, 0.15) is 5.58 Å². The van der Waals surface area contributed by atoms with Gasteiger partial charge >= 0.3 is 11.9 Å². The maximum absolute atomic E-state index is 12.1. The van der Waals surface area contributed by atoms with Crippen molar-refractivity contribution >= 4 is 39.6 Å². The number of amides is 1. The number of benzene rings is 2. The molecule has 1 heterocycles. The summed E-state index contributed by atoms with van der Waals surface area (Å²) in [5, 5.41) is 5.52. The van der Waals surface area contributed by atoms with Crippen molar-refractivity contribution in [1.82, 2.24) is 5.32 Å². The number of hydrogen-bond donors (Lipinski definition) is 1. The number of carbonyl (C=O) groups excluding carboxylic acids is 3. The molecule has 0 aliphatic rings. The lowest BCUT2D eigenvalue weighted by Crippen LogP contribution is -2.30. The summed E-state index contributed by atoms with van der Waals surface area (Å²) in [6.07, 6.45) is 2.24. The minimum atomic E-state index is -0.514. The standard InChI is InChI=1S/C21H21NO6/c1-26-19(24)7-4-10-22-18(23)13-28-20(25)11-15-12-27-17-9-8-14-5-2-3-6-16(14)21(15)17/h2-3,5-6,8-9,12H,4,7,10-11,13H2,1H3,(H,22,23). The van der Waals surface area contributed by atoms with E-state index in [1.165, 1.54) is 7.11 Å². The highest BCUT2D eigenvalue weighted by Gasteiger charge is 2.15. The Morgan fingerprint density at radius 2 is 1.89 bits per heavy atom. The van der Waals surface area contributed by atoms with Crippen LogP contribution in [-0.4, -0.2) is 38.1 Å². The van der Waals surface area contributed by atoms with Gasteiger partial charge in [-0.05, 0) is 23.3 Å². The molecule has 1 N–H and O–H groups in total. The summed E-state index contributed by atoms with van der Waals surface area (Å²) in [6, 6.07) is 11.7. The SMILES string of the molecule is COC(=O)CCCNC(=O)COC(=O)Cc1coc2ccc3ccccc3c12. The summed E-state index contributed by atoms with van der Waals surface area (Å²) in [5.74, 6) is -1.26. The fraction of sp³-hybridized carbons (Fsp3) is 0.286. The Morgan fingerprint density at radius 1 is 1.07 bits per heavy atom. The Kier molecular flexibility index (Phi) is 6.26. The zero-order chi connectivity index (χ0) is 19.9. The second-order valence-electron chi connectivity index (χ2n) is 6.29. The molecule has 1 amide bonds. The van der Waals surface area contributed by atoms with E-state index in [-0.39, 0.29) is 25.4 Å². The Balaban J connectivity index is 1.53. The van der Waals surface area contributed by atoms with Crippen molar-refractivity contribution in [2.24, 2.45) is 0 Å². The first-order valence-corrected chi connectivity index (χ1v) is 8.95. The quantitative estimate of drug-likeness (QED) is 0.475. The Morgan fingerprint density at radius 3 is 2.71 bits per heavy atom. The molecule has 2 aromatic carbocycles. The first-order chi connectivity index (χ1) is 13.6. The molecule has 7 nitrogen and oxygen atoms in total. The number of ether oxygens (including phenoxy) is 2. The number of hydrogen-bond acceptors (Lipinski definition) is 6. The highest BCUT2D eigenvalue weighted by atomic mass is 16.5. The molecule has 28 heavy (non-hydrogen) atoms. The molecule has 3 rings (SSSR count). The van der Waals surface area contributed by atoms with Crippen LogP contribution in [0.5, 0.6) is 0 Å². The van der Waals surface area contributed by atoms with E-state index < -0.39 is 11.9 Å². The van der Waals surface area contributed by atoms with Gasteiger partial charge in [0.2, 0.25) is 0 Å². The molecular weight excluding hydrogens is 362 g/mol. The molecule has 0 saturated heterocycles. The van der Waals surface area contributed by atoms with E-state index in [1.54, 1.807) is 6.26 Å². The molecular formula is C21H21NO6. The largest absolute Gasteiger partial charge is 0.469 e. The van der Waals surface area contributed by atoms with Gasteiger partial charge in [-0.2, -0.15) is 0 Å². The summed E-state index contributed by atoms with van der Waals surface area (Å²) in [4.78, 5) is 34.9. The van der Waals surface area contributed by atoms with Crippen LogP contribution < -0.4 is 5.32 Å². The van der Waals surface area contributed by atoms with Crippen LogP contribution in [0.2, 0.25) is 0 Å². The first kappa shape index (κ1) is 19.4. The van der Waals surface area contributed by atoms with Crippen molar-refractivity contribution in [2.75, 3.05) is 20.3 Å². The fourth-order valence-corrected chi connectivity index (χ4v) is 2.97. The van der Waals surface area contributed by atoms with E-state index in [0.717, 1.165) is 21.7 Å². The molecule has 0 fully saturated rings. The first-order valence-electron chi connectivity index (χ1n) is 8.95. The van der Waals surface area contributed by atoms with Crippen LogP contribution in [-0.2, 0) is 30.3 Å². The lowest BCUT2D eigenvalue weighted by molar-refractivity contribution is -0.147. The minimum Gasteiger partial charge on any atom is -0.469 e. The van der Waals surface area contributed by atoms with E-state index in [1.807, 2.05) is 36.4 Å². The van der Waals surface area contributed by atoms with E-state index in [9.17, 15) is 14.4 Å². The number of carbonyl (C=O) groups is 3. The van der Waals surface area contributed by atoms with Crippen molar-refractivity contribution in [3.8, 4) is 0 Å². The average molecular weight is 383 g/mol. The van der Waals surface area contributed by atoms with Crippen molar-refractivity contribution in [1.29, 1.82) is 0 Å². The molecule has 0 bridgehead atoms. The maximum atomic E-state index is 12.1. The molecule has 0 unspecified atom stereocenters. The highest BCUT2D eigenvalue weighted by molar-refractivity contribution is 6.08. The molecule has 0 atom stereocenters. The summed E-state index contributed by atoms with van der Waals surface area (Å²) < 4.78 is 15.1. The molecule has 0 aliphatic carbocycles. The van der Waals surface area contributed by atoms with Gasteiger partial charge in [0.25, 0.3) is 5.91 Å². The molecule has 146 valence electrons. The van der Waals surface area contributed by atoms with Gasteiger partial charge in [-0.3, -0.25) is 14.4 Å². The second-order valence-corrected chi connectivity index (χ2v) is 6.29. The summed E-state index contributed by atoms with van der Waals surface area (Å²) in [6.45, 7) is -0.0581. The predicted molar refractivity (Wildman–Crippen MR) is 103 cm³/mol. The lowest BCUT2D eigenvalue weighted by Gasteiger charge is -2.06. The van der Waals surface area contributed by atoms with Gasteiger partial charge in [0, 0.05) is 23.9 Å². The van der Waals surface area contributed by atoms with Gasteiger partial charge in [0.15, 0.2) is 6.61 Å². The van der Waals surface area contributed by atoms with E-state index in [4.69, 9.17) is 9.15 Å². The van der Waals surface area contributed by atoms with Crippen LogP contribution in [0.3, 0.4) is 0 Å². The second kappa shape index (κ2) is 9.03. The Hall–Kier alpha value is -3.35. The van der Waals surface area contributed by atoms with Gasteiger partial charge in [-0.1, -0.05) is 30.3 Å². The average Bonchev–Trinajstić information content (AvgIpc) is 3.12. The molecule has 0 radical (unpaired) electrons. The minimum absolute atomic E-state index is 0.0105. The lowest BCUT2D eigenvalue weighted by atomic mass is 10.0. The van der Waals surface area contributed by atoms with Crippen molar-refractivity contribution < 1.29 is 28.3 Å². The number of nitrogens with one attached hydrogen (secondary N) is 1. The van der Waals surface area contributed by atoms with Crippen LogP contribution in [0.25, 0.3) is 21.7 Å². The third-order valence-electron chi connectivity index (χ3n) is 4.35. The number of fused-ring (bicyclic) bond motifs is 3. The van der Waals surface area contributed by atoms with Crippen LogP contribution in [0, 0.1) is 0 Å². The van der Waals surface area contributed by atoms with Crippen LogP contribution >= 0.6 is 0 Å². The van der Waals surface area contributed by atoms with Crippen molar-refractivity contribution in [3.05, 3.63) is 48.2 Å². The smallest absolute Gasteiger partial charge is 0.310 e. The van der Waals surface area contributed by atoms with Gasteiger partial charge in [0.05, 0.1) is 19.8 Å². The van der Waals surface area contributed by atoms with E-state index in [0.29, 0.717) is 18.5 Å². The molecule has 7 heteroatoms. The third-order valence-corrected chi connectivity index (χ3v) is 4.35. The van der Waals surface area contributed by atoms with Crippen LogP contribution in [0.15, 0.2) is 47.1 Å². The normalized spacial score (nSPS) is 10.8. The number of furan rings is 1. The summed E-state index contributed by atoms with van der Waals surface area (Å²) in [5.41, 5.74) is 1.42. The zero-order valence-corrected chi connectivity index (χ0v) is 15.5. The van der Waals surface area contributed by atoms with Gasteiger partial charge < -0.3 is 19.2 Å². The van der Waals surface area contributed by atoms with Gasteiger partial charge in [-0.15, -0.1) is 0 Å². The zero-order valence-electron chi connectivity index (χ0n) is 15.5. The molecule has 0 saturated carbocycles. The maximum Gasteiger partial charge on any atom is 0.310 e. The predicted octanol–water partition coefficient (Wildman–Crippen LogP) is 2.74. The number of esters is 2. The van der Waals surface area contributed by atoms with E-state index >= 15 is 0 Å². The Labute approximate surface area is 161 Å². The monoisotopic (exact) mass is 383 g/mol. The Bertz CT molecular complexity index is 1010. The molecule has 3 aromatic rings. The highest BCUT2D eigenvalue weighted by Crippen LogP contribution is 2.30. The number of rotatable bonds is 8. The van der Waals surface area contributed by atoms with Crippen molar-refractivity contribution in [2.45, 2.75) is 19.3 Å². The molecule has 0 spiro atoms. The van der Waals surface area contributed by atoms with Crippen LogP contribution in [0.4, 0.5) is 0 Å².